The Balaban J connectivity index is 2.21. The molecule has 1 saturated heterocycles. The summed E-state index contributed by atoms with van der Waals surface area (Å²) in [5.41, 5.74) is 1.64. The van der Waals surface area contributed by atoms with Gasteiger partial charge in [0.2, 0.25) is 0 Å². The largest absolute Gasteiger partial charge is 0.375 e. The van der Waals surface area contributed by atoms with E-state index in [-0.39, 0.29) is 18.0 Å². The van der Waals surface area contributed by atoms with Gasteiger partial charge in [-0.2, -0.15) is 0 Å². The zero-order valence-corrected chi connectivity index (χ0v) is 11.2. The molecular formula is C14H21FN2O. The lowest BCUT2D eigenvalue weighted by Gasteiger charge is -2.38. The van der Waals surface area contributed by atoms with Crippen LogP contribution in [0.25, 0.3) is 0 Å². The Hall–Kier alpha value is -1.13. The molecule has 1 aromatic rings. The van der Waals surface area contributed by atoms with Crippen LogP contribution in [0.15, 0.2) is 18.2 Å². The molecule has 1 N–H and O–H groups in total. The molecule has 4 heteroatoms. The predicted molar refractivity (Wildman–Crippen MR) is 71.4 cm³/mol. The maximum absolute atomic E-state index is 14.1. The topological polar surface area (TPSA) is 24.5 Å². The Morgan fingerprint density at radius 1 is 1.44 bits per heavy atom. The highest BCUT2D eigenvalue weighted by Gasteiger charge is 2.25. The van der Waals surface area contributed by atoms with Gasteiger partial charge in [0.15, 0.2) is 0 Å². The molecular weight excluding hydrogens is 231 g/mol. The second-order valence-corrected chi connectivity index (χ2v) is 4.96. The van der Waals surface area contributed by atoms with Crippen LogP contribution in [0, 0.1) is 5.82 Å². The Bertz CT molecular complexity index is 411. The van der Waals surface area contributed by atoms with Crippen LogP contribution < -0.4 is 10.2 Å². The lowest BCUT2D eigenvalue weighted by molar-refractivity contribution is 0.0341. The SMILES string of the molecule is CNCc1ccc(N2CC(C)OCC2C)c(F)c1. The maximum atomic E-state index is 14.1. The van der Waals surface area contributed by atoms with E-state index in [1.807, 2.05) is 26.1 Å². The molecule has 0 aliphatic carbocycles. The molecule has 1 aromatic carbocycles. The van der Waals surface area contributed by atoms with E-state index in [0.29, 0.717) is 18.8 Å². The second-order valence-electron chi connectivity index (χ2n) is 4.96. The Kier molecular flexibility index (Phi) is 4.19. The number of hydrogen-bond acceptors (Lipinski definition) is 3. The number of ether oxygens (including phenoxy) is 1. The van der Waals surface area contributed by atoms with Crippen molar-refractivity contribution in [2.24, 2.45) is 0 Å². The first-order valence-corrected chi connectivity index (χ1v) is 6.43. The van der Waals surface area contributed by atoms with Gasteiger partial charge in [-0.05, 0) is 38.6 Å². The van der Waals surface area contributed by atoms with E-state index in [1.165, 1.54) is 0 Å². The second kappa shape index (κ2) is 5.67. The lowest BCUT2D eigenvalue weighted by atomic mass is 10.1. The van der Waals surface area contributed by atoms with Crippen molar-refractivity contribution < 1.29 is 9.13 Å². The highest BCUT2D eigenvalue weighted by atomic mass is 19.1. The van der Waals surface area contributed by atoms with Gasteiger partial charge in [0.25, 0.3) is 0 Å². The number of anilines is 1. The Labute approximate surface area is 108 Å². The normalized spacial score (nSPS) is 24.3. The van der Waals surface area contributed by atoms with Crippen LogP contribution in [0.4, 0.5) is 10.1 Å². The summed E-state index contributed by atoms with van der Waals surface area (Å²) in [5, 5.41) is 3.03. The van der Waals surface area contributed by atoms with Gasteiger partial charge in [-0.15, -0.1) is 0 Å². The highest BCUT2D eigenvalue weighted by Crippen LogP contribution is 2.25. The molecule has 1 fully saturated rings. The number of rotatable bonds is 3. The quantitative estimate of drug-likeness (QED) is 0.892. The van der Waals surface area contributed by atoms with Crippen LogP contribution in [0.1, 0.15) is 19.4 Å². The van der Waals surface area contributed by atoms with Gasteiger partial charge in [0, 0.05) is 19.1 Å². The highest BCUT2D eigenvalue weighted by molar-refractivity contribution is 5.50. The molecule has 18 heavy (non-hydrogen) atoms. The molecule has 0 saturated carbocycles. The first-order chi connectivity index (χ1) is 8.61. The molecule has 0 radical (unpaired) electrons. The Morgan fingerprint density at radius 2 is 2.22 bits per heavy atom. The molecule has 0 bridgehead atoms. The van der Waals surface area contributed by atoms with Crippen LogP contribution in [-0.4, -0.2) is 32.3 Å². The molecule has 100 valence electrons. The van der Waals surface area contributed by atoms with Gasteiger partial charge in [-0.1, -0.05) is 6.07 Å². The Morgan fingerprint density at radius 3 is 2.89 bits per heavy atom. The van der Waals surface area contributed by atoms with Crippen LogP contribution in [0.3, 0.4) is 0 Å². The van der Waals surface area contributed by atoms with Crippen molar-refractivity contribution in [1.29, 1.82) is 0 Å². The molecule has 1 aliphatic rings. The molecule has 2 atom stereocenters. The van der Waals surface area contributed by atoms with Gasteiger partial charge in [0.05, 0.1) is 18.4 Å². The van der Waals surface area contributed by atoms with Crippen LogP contribution >= 0.6 is 0 Å². The minimum atomic E-state index is -0.149. The third-order valence-electron chi connectivity index (χ3n) is 3.31. The van der Waals surface area contributed by atoms with E-state index in [9.17, 15) is 4.39 Å². The molecule has 2 unspecified atom stereocenters. The molecule has 3 nitrogen and oxygen atoms in total. The summed E-state index contributed by atoms with van der Waals surface area (Å²) in [4.78, 5) is 2.09. The summed E-state index contributed by atoms with van der Waals surface area (Å²) in [6, 6.07) is 5.67. The molecule has 0 amide bonds. The van der Waals surface area contributed by atoms with Crippen molar-refractivity contribution >= 4 is 5.69 Å². The van der Waals surface area contributed by atoms with Gasteiger partial charge < -0.3 is 15.0 Å². The van der Waals surface area contributed by atoms with Crippen molar-refractivity contribution in [1.82, 2.24) is 5.32 Å². The number of benzene rings is 1. The standard InChI is InChI=1S/C14H21FN2O/c1-10-9-18-11(2)8-17(10)14-5-4-12(7-16-3)6-13(14)15/h4-6,10-11,16H,7-9H2,1-3H3. The summed E-state index contributed by atoms with van der Waals surface area (Å²) in [7, 11) is 1.86. The first kappa shape index (κ1) is 13.3. The monoisotopic (exact) mass is 252 g/mol. The van der Waals surface area contributed by atoms with E-state index in [0.717, 1.165) is 12.1 Å². The molecule has 0 spiro atoms. The number of halogens is 1. The van der Waals surface area contributed by atoms with E-state index < -0.39 is 0 Å². The summed E-state index contributed by atoms with van der Waals surface area (Å²) in [5.74, 6) is -0.149. The maximum Gasteiger partial charge on any atom is 0.146 e. The van der Waals surface area contributed by atoms with Crippen LogP contribution in [0.2, 0.25) is 0 Å². The summed E-state index contributed by atoms with van der Waals surface area (Å²) >= 11 is 0. The molecule has 2 rings (SSSR count). The van der Waals surface area contributed by atoms with Gasteiger partial charge >= 0.3 is 0 Å². The summed E-state index contributed by atoms with van der Waals surface area (Å²) in [6.45, 7) is 6.16. The fourth-order valence-corrected chi connectivity index (χ4v) is 2.34. The van der Waals surface area contributed by atoms with Crippen LogP contribution in [0.5, 0.6) is 0 Å². The van der Waals surface area contributed by atoms with Crippen molar-refractivity contribution in [3.8, 4) is 0 Å². The van der Waals surface area contributed by atoms with Crippen molar-refractivity contribution in [2.45, 2.75) is 32.5 Å². The smallest absolute Gasteiger partial charge is 0.146 e. The molecule has 1 aliphatic heterocycles. The average Bonchev–Trinajstić information content (AvgIpc) is 2.33. The van der Waals surface area contributed by atoms with Crippen molar-refractivity contribution in [2.75, 3.05) is 25.1 Å². The third kappa shape index (κ3) is 2.82. The van der Waals surface area contributed by atoms with E-state index >= 15 is 0 Å². The zero-order chi connectivity index (χ0) is 13.1. The zero-order valence-electron chi connectivity index (χ0n) is 11.2. The van der Waals surface area contributed by atoms with Gasteiger partial charge in [-0.25, -0.2) is 4.39 Å². The van der Waals surface area contributed by atoms with Crippen LogP contribution in [-0.2, 0) is 11.3 Å². The predicted octanol–water partition coefficient (Wildman–Crippen LogP) is 2.16. The van der Waals surface area contributed by atoms with Crippen molar-refractivity contribution in [3.63, 3.8) is 0 Å². The van der Waals surface area contributed by atoms with E-state index in [2.05, 4.69) is 17.1 Å². The number of nitrogens with zero attached hydrogens (tertiary/aromatic N) is 1. The van der Waals surface area contributed by atoms with Crippen molar-refractivity contribution in [3.05, 3.63) is 29.6 Å². The molecule has 0 aromatic heterocycles. The summed E-state index contributed by atoms with van der Waals surface area (Å²) in [6.07, 6.45) is 0.151. The third-order valence-corrected chi connectivity index (χ3v) is 3.31. The fourth-order valence-electron chi connectivity index (χ4n) is 2.34. The minimum absolute atomic E-state index is 0.149. The minimum Gasteiger partial charge on any atom is -0.375 e. The average molecular weight is 252 g/mol. The number of hydrogen-bond donors (Lipinski definition) is 1. The van der Waals surface area contributed by atoms with Gasteiger partial charge in [0.1, 0.15) is 5.82 Å². The summed E-state index contributed by atoms with van der Waals surface area (Å²) < 4.78 is 19.7. The van der Waals surface area contributed by atoms with E-state index in [4.69, 9.17) is 4.74 Å². The number of morpholine rings is 1. The lowest BCUT2D eigenvalue weighted by Crippen LogP contribution is -2.47. The number of nitrogens with one attached hydrogen (secondary N) is 1. The fraction of sp³-hybridized carbons (Fsp3) is 0.571. The first-order valence-electron chi connectivity index (χ1n) is 6.43. The molecule has 1 heterocycles. The van der Waals surface area contributed by atoms with Gasteiger partial charge in [-0.3, -0.25) is 0 Å². The van der Waals surface area contributed by atoms with E-state index in [1.54, 1.807) is 6.07 Å².